The summed E-state index contributed by atoms with van der Waals surface area (Å²) in [5.41, 5.74) is -1.63. The molecule has 1 aliphatic heterocycles. The molecule has 0 saturated heterocycles. The Hall–Kier alpha value is -2.68. The minimum atomic E-state index is -1.91. The fraction of sp³-hybridized carbons (Fsp3) is 0.304. The van der Waals surface area contributed by atoms with E-state index in [9.17, 15) is 15.0 Å². The summed E-state index contributed by atoms with van der Waals surface area (Å²) in [6, 6.07) is 16.8. The molecule has 0 radical (unpaired) electrons. The van der Waals surface area contributed by atoms with Crippen LogP contribution in [0.15, 0.2) is 65.3 Å². The first-order valence-electron chi connectivity index (χ1n) is 9.98. The SMILES string of the molecule is CN(C)C(=O)[C@H]1[C@@H](O)[C@@]2(O)c3[nH]ncc3O[C@@]2(c2ccc(Br)cc2)[C@@H]1c1ccccc1. The summed E-state index contributed by atoms with van der Waals surface area (Å²) in [7, 11) is 3.29. The smallest absolute Gasteiger partial charge is 0.228 e. The Balaban J connectivity index is 1.84. The number of aliphatic hydroxyl groups is 2. The Labute approximate surface area is 187 Å². The molecule has 0 bridgehead atoms. The second-order valence-electron chi connectivity index (χ2n) is 8.31. The molecule has 1 amide bonds. The molecule has 7 nitrogen and oxygen atoms in total. The van der Waals surface area contributed by atoms with Gasteiger partial charge in [-0.3, -0.25) is 9.89 Å². The molecule has 3 N–H and O–H groups in total. The number of amides is 1. The number of hydrogen-bond donors (Lipinski definition) is 3. The van der Waals surface area contributed by atoms with Gasteiger partial charge in [-0.1, -0.05) is 58.4 Å². The lowest BCUT2D eigenvalue weighted by Gasteiger charge is -2.40. The third kappa shape index (κ3) is 2.52. The molecule has 1 saturated carbocycles. The van der Waals surface area contributed by atoms with Crippen LogP contribution < -0.4 is 4.74 Å². The van der Waals surface area contributed by atoms with Crippen molar-refractivity contribution in [2.45, 2.75) is 23.2 Å². The summed E-state index contributed by atoms with van der Waals surface area (Å²) < 4.78 is 7.36. The predicted molar refractivity (Wildman–Crippen MR) is 116 cm³/mol. The Bertz CT molecular complexity index is 1130. The fourth-order valence-corrected chi connectivity index (χ4v) is 5.52. The van der Waals surface area contributed by atoms with E-state index in [1.54, 1.807) is 14.1 Å². The normalized spacial score (nSPS) is 31.1. The highest BCUT2D eigenvalue weighted by Crippen LogP contribution is 2.68. The highest BCUT2D eigenvalue weighted by molar-refractivity contribution is 9.10. The van der Waals surface area contributed by atoms with Crippen LogP contribution in [-0.2, 0) is 16.0 Å². The highest BCUT2D eigenvalue weighted by Gasteiger charge is 2.78. The Morgan fingerprint density at radius 3 is 2.48 bits per heavy atom. The van der Waals surface area contributed by atoms with Gasteiger partial charge in [0.2, 0.25) is 5.91 Å². The van der Waals surface area contributed by atoms with Gasteiger partial charge in [0, 0.05) is 24.5 Å². The van der Waals surface area contributed by atoms with Crippen LogP contribution in [0.2, 0.25) is 0 Å². The lowest BCUT2D eigenvalue weighted by atomic mass is 9.71. The van der Waals surface area contributed by atoms with E-state index in [4.69, 9.17) is 4.74 Å². The van der Waals surface area contributed by atoms with Crippen molar-refractivity contribution in [2.24, 2.45) is 5.92 Å². The lowest BCUT2D eigenvalue weighted by Crippen LogP contribution is -2.52. The zero-order valence-corrected chi connectivity index (χ0v) is 18.6. The van der Waals surface area contributed by atoms with Crippen molar-refractivity contribution in [3.63, 3.8) is 0 Å². The summed E-state index contributed by atoms with van der Waals surface area (Å²) in [6.45, 7) is 0. The van der Waals surface area contributed by atoms with Crippen molar-refractivity contribution in [2.75, 3.05) is 14.1 Å². The summed E-state index contributed by atoms with van der Waals surface area (Å²) in [4.78, 5) is 14.8. The first-order chi connectivity index (χ1) is 14.8. The first-order valence-corrected chi connectivity index (χ1v) is 10.8. The second-order valence-corrected chi connectivity index (χ2v) is 9.23. The highest BCUT2D eigenvalue weighted by atomic mass is 79.9. The van der Waals surface area contributed by atoms with E-state index in [1.165, 1.54) is 11.1 Å². The molecule has 5 rings (SSSR count). The molecule has 160 valence electrons. The van der Waals surface area contributed by atoms with Crippen molar-refractivity contribution in [3.8, 4) is 5.75 Å². The van der Waals surface area contributed by atoms with Gasteiger partial charge >= 0.3 is 0 Å². The molecule has 2 aliphatic rings. The van der Waals surface area contributed by atoms with E-state index < -0.39 is 29.1 Å². The number of H-pyrrole nitrogens is 1. The van der Waals surface area contributed by atoms with Gasteiger partial charge < -0.3 is 19.8 Å². The molecule has 2 aromatic carbocycles. The topological polar surface area (TPSA) is 98.7 Å². The van der Waals surface area contributed by atoms with Crippen LogP contribution in [0.4, 0.5) is 0 Å². The number of aliphatic hydroxyl groups excluding tert-OH is 1. The van der Waals surface area contributed by atoms with E-state index in [-0.39, 0.29) is 11.6 Å². The first kappa shape index (κ1) is 20.2. The number of halogens is 1. The largest absolute Gasteiger partial charge is 0.475 e. The molecule has 5 atom stereocenters. The molecule has 1 fully saturated rings. The summed E-state index contributed by atoms with van der Waals surface area (Å²) in [6.07, 6.45) is 0.0574. The third-order valence-corrected chi connectivity index (χ3v) is 7.07. The zero-order chi connectivity index (χ0) is 22.0. The van der Waals surface area contributed by atoms with Crippen molar-refractivity contribution in [1.82, 2.24) is 15.1 Å². The molecule has 1 aromatic heterocycles. The van der Waals surface area contributed by atoms with E-state index in [0.29, 0.717) is 11.3 Å². The van der Waals surface area contributed by atoms with Gasteiger partial charge in [-0.05, 0) is 23.3 Å². The summed E-state index contributed by atoms with van der Waals surface area (Å²) >= 11 is 3.45. The molecule has 2 heterocycles. The maximum atomic E-state index is 13.4. The fourth-order valence-electron chi connectivity index (χ4n) is 5.26. The second kappa shape index (κ2) is 6.91. The monoisotopic (exact) mass is 483 g/mol. The molecule has 0 spiro atoms. The lowest BCUT2D eigenvalue weighted by molar-refractivity contribution is -0.157. The molecular formula is C23H22BrN3O4. The molecule has 3 aromatic rings. The summed E-state index contributed by atoms with van der Waals surface area (Å²) in [5, 5.41) is 30.6. The van der Waals surface area contributed by atoms with Gasteiger partial charge in [-0.15, -0.1) is 0 Å². The van der Waals surface area contributed by atoms with Crippen LogP contribution in [0.3, 0.4) is 0 Å². The third-order valence-electron chi connectivity index (χ3n) is 6.55. The van der Waals surface area contributed by atoms with Gasteiger partial charge in [-0.25, -0.2) is 0 Å². The van der Waals surface area contributed by atoms with Gasteiger partial charge in [0.05, 0.1) is 12.1 Å². The number of nitrogens with zero attached hydrogens (tertiary/aromatic N) is 2. The van der Waals surface area contributed by atoms with Crippen molar-refractivity contribution in [1.29, 1.82) is 0 Å². The Kier molecular flexibility index (Phi) is 4.51. The average Bonchev–Trinajstić information content (AvgIpc) is 3.37. The van der Waals surface area contributed by atoms with Crippen LogP contribution in [-0.4, -0.2) is 51.4 Å². The van der Waals surface area contributed by atoms with Crippen LogP contribution >= 0.6 is 15.9 Å². The van der Waals surface area contributed by atoms with Crippen LogP contribution in [0.25, 0.3) is 0 Å². The molecule has 0 unspecified atom stereocenters. The van der Waals surface area contributed by atoms with E-state index in [1.807, 2.05) is 54.6 Å². The van der Waals surface area contributed by atoms with E-state index in [0.717, 1.165) is 10.0 Å². The molecular weight excluding hydrogens is 462 g/mol. The number of benzene rings is 2. The quantitative estimate of drug-likeness (QED) is 0.531. The number of carbonyl (C=O) groups is 1. The number of carbonyl (C=O) groups excluding carboxylic acids is 1. The number of rotatable bonds is 3. The van der Waals surface area contributed by atoms with E-state index >= 15 is 0 Å². The molecule has 1 aliphatic carbocycles. The Morgan fingerprint density at radius 2 is 1.84 bits per heavy atom. The molecule has 8 heteroatoms. The number of fused-ring (bicyclic) bond motifs is 3. The van der Waals surface area contributed by atoms with Crippen molar-refractivity contribution in [3.05, 3.63) is 82.1 Å². The number of aromatic amines is 1. The maximum absolute atomic E-state index is 13.4. The maximum Gasteiger partial charge on any atom is 0.228 e. The summed E-state index contributed by atoms with van der Waals surface area (Å²) in [5.74, 6) is -1.53. The number of nitrogens with one attached hydrogen (secondary N) is 1. The zero-order valence-electron chi connectivity index (χ0n) is 17.0. The predicted octanol–water partition coefficient (Wildman–Crippen LogP) is 2.51. The Morgan fingerprint density at radius 1 is 1.16 bits per heavy atom. The van der Waals surface area contributed by atoms with Crippen LogP contribution in [0.1, 0.15) is 22.7 Å². The van der Waals surface area contributed by atoms with Crippen molar-refractivity contribution >= 4 is 21.8 Å². The minimum Gasteiger partial charge on any atom is -0.475 e. The van der Waals surface area contributed by atoms with Gasteiger partial charge in [0.15, 0.2) is 17.0 Å². The van der Waals surface area contributed by atoms with Crippen molar-refractivity contribution < 1.29 is 19.7 Å². The van der Waals surface area contributed by atoms with Gasteiger partial charge in [-0.2, -0.15) is 5.10 Å². The number of aromatic nitrogens is 2. The van der Waals surface area contributed by atoms with Gasteiger partial charge in [0.1, 0.15) is 11.8 Å². The number of ether oxygens (including phenoxy) is 1. The minimum absolute atomic E-state index is 0.276. The standard InChI is InChI=1S/C23H22BrN3O4/c1-27(2)21(29)17-18(13-6-4-3-5-7-13)23(14-8-10-15(24)11-9-14)22(30,20(17)28)19-16(31-23)12-25-26-19/h3-12,17-18,20,28,30H,1-2H3,(H,25,26)/t17-,18-,20-,22+,23+/m1/s1. The van der Waals surface area contributed by atoms with Crippen LogP contribution in [0, 0.1) is 5.92 Å². The van der Waals surface area contributed by atoms with Crippen LogP contribution in [0.5, 0.6) is 5.75 Å². The molecule has 31 heavy (non-hydrogen) atoms. The van der Waals surface area contributed by atoms with E-state index in [2.05, 4.69) is 26.1 Å². The average molecular weight is 484 g/mol. The number of hydrogen-bond acceptors (Lipinski definition) is 5. The van der Waals surface area contributed by atoms with Gasteiger partial charge in [0.25, 0.3) is 0 Å².